The van der Waals surface area contributed by atoms with Crippen molar-refractivity contribution in [2.75, 3.05) is 6.54 Å². The Hall–Kier alpha value is -0.860. The summed E-state index contributed by atoms with van der Waals surface area (Å²) in [5.74, 6) is 0.0750. The summed E-state index contributed by atoms with van der Waals surface area (Å²) in [6.45, 7) is 2.39. The zero-order chi connectivity index (χ0) is 14.2. The quantitative estimate of drug-likeness (QED) is 0.485. The van der Waals surface area contributed by atoms with Crippen LogP contribution in [0.2, 0.25) is 0 Å². The van der Waals surface area contributed by atoms with Crippen LogP contribution in [0.4, 0.5) is 0 Å². The summed E-state index contributed by atoms with van der Waals surface area (Å²) in [4.78, 5) is 20.6. The Kier molecular flexibility index (Phi) is 14.5. The first kappa shape index (κ1) is 18.1. The van der Waals surface area contributed by atoms with E-state index in [-0.39, 0.29) is 5.91 Å². The Morgan fingerprint density at radius 1 is 0.789 bits per heavy atom. The van der Waals surface area contributed by atoms with Gasteiger partial charge in [-0.25, -0.2) is 0 Å². The molecule has 0 aromatic rings. The van der Waals surface area contributed by atoms with Crippen LogP contribution in [0.3, 0.4) is 0 Å². The molecule has 0 heterocycles. The van der Waals surface area contributed by atoms with Gasteiger partial charge in [0, 0.05) is 19.9 Å². The van der Waals surface area contributed by atoms with Gasteiger partial charge in [-0.2, -0.15) is 0 Å². The van der Waals surface area contributed by atoms with Crippen molar-refractivity contribution in [1.82, 2.24) is 5.32 Å². The van der Waals surface area contributed by atoms with Gasteiger partial charge in [-0.15, -0.1) is 0 Å². The third-order valence-electron chi connectivity index (χ3n) is 3.33. The van der Waals surface area contributed by atoms with E-state index in [1.165, 1.54) is 57.8 Å². The first-order valence-electron chi connectivity index (χ1n) is 7.87. The number of carbonyl (C=O) groups is 1. The maximum atomic E-state index is 10.6. The third-order valence-corrected chi connectivity index (χ3v) is 3.33. The fourth-order valence-corrected chi connectivity index (χ4v) is 2.18. The fourth-order valence-electron chi connectivity index (χ4n) is 2.18. The lowest BCUT2D eigenvalue weighted by atomic mass is 10.1. The SMILES string of the molecule is CC(=O)NCCCCCCCCCCCCC[C]=O. The average Bonchev–Trinajstić information content (AvgIpc) is 2.39. The predicted molar refractivity (Wildman–Crippen MR) is 79.8 cm³/mol. The molecular weight excluding hydrogens is 238 g/mol. The van der Waals surface area contributed by atoms with Crippen LogP contribution in [-0.4, -0.2) is 18.7 Å². The number of hydrogen-bond donors (Lipinski definition) is 1. The van der Waals surface area contributed by atoms with Crippen molar-refractivity contribution < 1.29 is 9.59 Å². The zero-order valence-corrected chi connectivity index (χ0v) is 12.5. The van der Waals surface area contributed by atoms with Gasteiger partial charge in [-0.3, -0.25) is 9.59 Å². The number of hydrogen-bond acceptors (Lipinski definition) is 2. The molecule has 0 saturated carbocycles. The lowest BCUT2D eigenvalue weighted by Gasteiger charge is -2.03. The van der Waals surface area contributed by atoms with Crippen molar-refractivity contribution in [3.05, 3.63) is 0 Å². The molecule has 0 saturated heterocycles. The molecule has 0 aromatic carbocycles. The lowest BCUT2D eigenvalue weighted by Crippen LogP contribution is -2.20. The first-order valence-corrected chi connectivity index (χ1v) is 7.87. The summed E-state index contributed by atoms with van der Waals surface area (Å²) in [7, 11) is 0. The van der Waals surface area contributed by atoms with Crippen LogP contribution in [0.25, 0.3) is 0 Å². The number of unbranched alkanes of at least 4 members (excludes halogenated alkanes) is 11. The van der Waals surface area contributed by atoms with Crippen LogP contribution in [0.5, 0.6) is 0 Å². The van der Waals surface area contributed by atoms with Gasteiger partial charge >= 0.3 is 0 Å². The molecule has 3 nitrogen and oxygen atoms in total. The monoisotopic (exact) mass is 268 g/mol. The molecule has 0 aliphatic heterocycles. The van der Waals surface area contributed by atoms with E-state index < -0.39 is 0 Å². The molecule has 1 amide bonds. The molecule has 0 fully saturated rings. The van der Waals surface area contributed by atoms with Crippen LogP contribution in [0, 0.1) is 0 Å². The molecule has 111 valence electrons. The van der Waals surface area contributed by atoms with Crippen molar-refractivity contribution in [3.63, 3.8) is 0 Å². The van der Waals surface area contributed by atoms with Gasteiger partial charge < -0.3 is 5.32 Å². The van der Waals surface area contributed by atoms with E-state index in [1.807, 2.05) is 6.29 Å². The van der Waals surface area contributed by atoms with Crippen LogP contribution < -0.4 is 5.32 Å². The Balaban J connectivity index is 2.95. The number of rotatable bonds is 14. The van der Waals surface area contributed by atoms with Gasteiger partial charge in [-0.05, 0) is 12.8 Å². The molecule has 1 radical (unpaired) electrons. The van der Waals surface area contributed by atoms with E-state index in [2.05, 4.69) is 5.32 Å². The van der Waals surface area contributed by atoms with Gasteiger partial charge in [-0.1, -0.05) is 57.8 Å². The summed E-state index contributed by atoms with van der Waals surface area (Å²) in [5.41, 5.74) is 0. The minimum absolute atomic E-state index is 0.0750. The molecule has 1 N–H and O–H groups in total. The van der Waals surface area contributed by atoms with E-state index in [0.717, 1.165) is 19.4 Å². The summed E-state index contributed by atoms with van der Waals surface area (Å²) >= 11 is 0. The first-order chi connectivity index (χ1) is 9.27. The molecule has 0 atom stereocenters. The van der Waals surface area contributed by atoms with Crippen molar-refractivity contribution in [2.45, 2.75) is 84.0 Å². The highest BCUT2D eigenvalue weighted by atomic mass is 16.1. The maximum Gasteiger partial charge on any atom is 0.216 e. The Labute approximate surface area is 118 Å². The fraction of sp³-hybridized carbons (Fsp3) is 0.875. The van der Waals surface area contributed by atoms with Gasteiger partial charge in [0.2, 0.25) is 5.91 Å². The van der Waals surface area contributed by atoms with Crippen molar-refractivity contribution in [3.8, 4) is 0 Å². The van der Waals surface area contributed by atoms with E-state index in [1.54, 1.807) is 6.92 Å². The molecule has 0 rings (SSSR count). The predicted octanol–water partition coefficient (Wildman–Crippen LogP) is 3.91. The molecule has 0 unspecified atom stereocenters. The normalized spacial score (nSPS) is 10.4. The minimum Gasteiger partial charge on any atom is -0.356 e. The van der Waals surface area contributed by atoms with E-state index in [9.17, 15) is 9.59 Å². The molecule has 19 heavy (non-hydrogen) atoms. The lowest BCUT2D eigenvalue weighted by molar-refractivity contribution is -0.118. The molecule has 0 aromatic heterocycles. The largest absolute Gasteiger partial charge is 0.356 e. The summed E-state index contributed by atoms with van der Waals surface area (Å²) in [6, 6.07) is 0. The zero-order valence-electron chi connectivity index (χ0n) is 12.5. The smallest absolute Gasteiger partial charge is 0.216 e. The molecule has 0 bridgehead atoms. The third kappa shape index (κ3) is 17.1. The number of nitrogens with one attached hydrogen (secondary N) is 1. The van der Waals surface area contributed by atoms with Crippen molar-refractivity contribution in [1.29, 1.82) is 0 Å². The topological polar surface area (TPSA) is 46.2 Å². The van der Waals surface area contributed by atoms with Crippen LogP contribution in [0.1, 0.15) is 84.0 Å². The molecular formula is C16H30NO2. The van der Waals surface area contributed by atoms with Gasteiger partial charge in [0.1, 0.15) is 0 Å². The second-order valence-electron chi connectivity index (χ2n) is 5.27. The van der Waals surface area contributed by atoms with Gasteiger partial charge in [0.05, 0.1) is 0 Å². The summed E-state index contributed by atoms with van der Waals surface area (Å²) in [5, 5.41) is 2.82. The highest BCUT2D eigenvalue weighted by Crippen LogP contribution is 2.11. The van der Waals surface area contributed by atoms with E-state index in [0.29, 0.717) is 6.42 Å². The molecule has 3 heteroatoms. The highest BCUT2D eigenvalue weighted by molar-refractivity contribution is 5.72. The average molecular weight is 268 g/mol. The van der Waals surface area contributed by atoms with E-state index in [4.69, 9.17) is 0 Å². The summed E-state index contributed by atoms with van der Waals surface area (Å²) in [6.07, 6.45) is 16.2. The van der Waals surface area contributed by atoms with Crippen LogP contribution in [0.15, 0.2) is 0 Å². The van der Waals surface area contributed by atoms with Crippen LogP contribution in [-0.2, 0) is 9.59 Å². The number of carbonyl (C=O) groups excluding carboxylic acids is 2. The highest BCUT2D eigenvalue weighted by Gasteiger charge is 1.94. The second kappa shape index (κ2) is 15.2. The minimum atomic E-state index is 0.0750. The molecule has 0 aliphatic carbocycles. The Morgan fingerprint density at radius 2 is 1.21 bits per heavy atom. The second-order valence-corrected chi connectivity index (χ2v) is 5.27. The molecule has 0 spiro atoms. The van der Waals surface area contributed by atoms with Crippen molar-refractivity contribution in [2.24, 2.45) is 0 Å². The van der Waals surface area contributed by atoms with E-state index >= 15 is 0 Å². The standard InChI is InChI=1S/C16H30NO2/c1-16(19)17-14-12-10-8-6-4-2-3-5-7-9-11-13-15-18/h2-14H2,1H3,(H,17,19). The van der Waals surface area contributed by atoms with Crippen molar-refractivity contribution >= 4 is 12.2 Å². The van der Waals surface area contributed by atoms with Gasteiger partial charge in [0.25, 0.3) is 0 Å². The Bertz CT molecular complexity index is 217. The molecule has 0 aliphatic rings. The summed E-state index contributed by atoms with van der Waals surface area (Å²) < 4.78 is 0. The number of amides is 1. The maximum absolute atomic E-state index is 10.6. The van der Waals surface area contributed by atoms with Gasteiger partial charge in [0.15, 0.2) is 6.29 Å². The Morgan fingerprint density at radius 3 is 1.63 bits per heavy atom. The van der Waals surface area contributed by atoms with Crippen LogP contribution >= 0.6 is 0 Å².